The minimum Gasteiger partial charge on any atom is 0 e. The van der Waals surface area contributed by atoms with Gasteiger partial charge in [0.25, 0.3) is 0 Å². The predicted octanol–water partition coefficient (Wildman–Crippen LogP) is -2.37. The van der Waals surface area contributed by atoms with Gasteiger partial charge in [0.2, 0.25) is 0 Å². The molecule has 0 aromatic carbocycles. The first-order valence-electron chi connectivity index (χ1n) is 0. The maximum Gasteiger partial charge on any atom is 0.316 e. The second-order valence-corrected chi connectivity index (χ2v) is 0. The zero-order chi connectivity index (χ0) is 0. The van der Waals surface area contributed by atoms with Gasteiger partial charge in [0.05, 0.1) is 0 Å². The second-order valence-electron chi connectivity index (χ2n) is 0. The van der Waals surface area contributed by atoms with E-state index < -0.39 is 0 Å². The van der Waals surface area contributed by atoms with Crippen LogP contribution >= 0.6 is 0 Å². The van der Waals surface area contributed by atoms with Gasteiger partial charge in [-0.1, -0.05) is 0 Å². The normalized spacial score (nSPS) is 0. The zero-order valence-corrected chi connectivity index (χ0v) is 5.60. The van der Waals surface area contributed by atoms with Gasteiger partial charge in [-0.15, -0.1) is 0 Å². The van der Waals surface area contributed by atoms with Crippen LogP contribution in [0.4, 0.5) is 0 Å². The first-order valence-corrected chi connectivity index (χ1v) is 0. The van der Waals surface area contributed by atoms with Gasteiger partial charge in [-0.2, -0.15) is 0 Å². The predicted molar refractivity (Wildman–Crippen MR) is 19.9 cm³/mol. The van der Waals surface area contributed by atoms with Gasteiger partial charge >= 0.3 is 40.6 Å². The van der Waals surface area contributed by atoms with Crippen LogP contribution in [0.5, 0.6) is 0 Å². The van der Waals surface area contributed by atoms with Crippen LogP contribution in [0.25, 0.3) is 0 Å². The van der Waals surface area contributed by atoms with E-state index in [1.807, 2.05) is 0 Å². The Bertz CT molecular complexity index is 8.00. The summed E-state index contributed by atoms with van der Waals surface area (Å²) in [6.07, 6.45) is 0. The Morgan fingerprint density at radius 2 is 1.00 bits per heavy atom. The van der Waals surface area contributed by atoms with Gasteiger partial charge in [0.1, 0.15) is 0 Å². The average molecular weight is 287 g/mol. The van der Waals surface area contributed by atoms with E-state index in [0.717, 1.165) is 0 Å². The molecule has 0 aromatic heterocycles. The quantitative estimate of drug-likeness (QED) is 0.437. The Morgan fingerprint density at radius 1 is 1.00 bits per heavy atom. The van der Waals surface area contributed by atoms with Gasteiger partial charge in [-0.25, -0.2) is 0 Å². The first-order chi connectivity index (χ1) is 0. The van der Waals surface area contributed by atoms with Crippen LogP contribution in [-0.2, 0) is 48.6 Å². The van der Waals surface area contributed by atoms with Crippen LogP contribution in [0.15, 0.2) is 0 Å². The Morgan fingerprint density at radius 3 is 1.00 bits per heavy atom. The first kappa shape index (κ1) is 28.4. The molecule has 0 aromatic rings. The topological polar surface area (TPSA) is 0 Å². The van der Waals surface area contributed by atoms with Gasteiger partial charge < -0.3 is 0 Å². The Balaban J connectivity index is 0. The van der Waals surface area contributed by atoms with Gasteiger partial charge in [-0.3, -0.25) is 0 Å². The van der Waals surface area contributed by atoms with E-state index >= 15 is 0 Å². The van der Waals surface area contributed by atoms with Gasteiger partial charge in [-0.05, 0) is 0 Å². The molecule has 0 saturated carbocycles. The third-order valence-electron chi connectivity index (χ3n) is 0. The molecule has 0 amide bonds. The molecule has 0 heterocycles. The summed E-state index contributed by atoms with van der Waals surface area (Å²) in [5.41, 5.74) is 0. The molecule has 4 heavy (non-hydrogen) atoms. The van der Waals surface area contributed by atoms with Crippen LogP contribution in [-0.4, -0.2) is 40.6 Å². The van der Waals surface area contributed by atoms with E-state index in [1.54, 1.807) is 0 Å². The average Bonchev–Trinajstić information content (AvgIpc) is 0. The SMILES string of the molecule is [GeH4].[MgH2].[Nb].[Zr]. The summed E-state index contributed by atoms with van der Waals surface area (Å²) in [5.74, 6) is 0. The van der Waals surface area contributed by atoms with E-state index in [0.29, 0.717) is 0 Å². The van der Waals surface area contributed by atoms with Crippen LogP contribution in [0.3, 0.4) is 0 Å². The molecule has 0 rings (SSSR count). The Labute approximate surface area is 87.6 Å². The van der Waals surface area contributed by atoms with Crippen LogP contribution in [0.1, 0.15) is 0 Å². The number of hydrogen-bond acceptors (Lipinski definition) is 0. The largest absolute Gasteiger partial charge is 0.316 e. The molecular weight excluding hydrogens is 281 g/mol. The molecule has 0 spiro atoms. The van der Waals surface area contributed by atoms with Crippen molar-refractivity contribution in [3.63, 3.8) is 0 Å². The monoisotopic (exact) mass is 287 g/mol. The van der Waals surface area contributed by atoms with E-state index in [9.17, 15) is 0 Å². The molecule has 1 radical (unpaired) electrons. The maximum atomic E-state index is 0. The molecular formula is H6GeMgNbZr. The molecule has 0 aliphatic rings. The van der Waals surface area contributed by atoms with E-state index in [4.69, 9.17) is 0 Å². The molecule has 0 aliphatic carbocycles. The Kier molecular flexibility index (Phi) is 119. The molecule has 0 N–H and O–H groups in total. The molecule has 0 saturated heterocycles. The fourth-order valence-electron chi connectivity index (χ4n) is 0. The van der Waals surface area contributed by atoms with Gasteiger partial charge in [0, 0.05) is 48.6 Å². The summed E-state index contributed by atoms with van der Waals surface area (Å²) < 4.78 is 0. The summed E-state index contributed by atoms with van der Waals surface area (Å²) in [7, 11) is 0. The van der Waals surface area contributed by atoms with Crippen molar-refractivity contribution < 1.29 is 48.6 Å². The van der Waals surface area contributed by atoms with Crippen molar-refractivity contribution in [2.24, 2.45) is 0 Å². The van der Waals surface area contributed by atoms with Crippen molar-refractivity contribution in [1.29, 1.82) is 0 Å². The molecule has 21 valence electrons. The fraction of sp³-hybridized carbons (Fsp3) is 0. The van der Waals surface area contributed by atoms with Gasteiger partial charge in [0.15, 0.2) is 0 Å². The zero-order valence-electron chi connectivity index (χ0n) is 0.947. The summed E-state index contributed by atoms with van der Waals surface area (Å²) in [5, 5.41) is 0. The molecule has 0 fully saturated rings. The standard InChI is InChI=1S/GeH4.Mg.Nb.Zr.2H/h1H4;;;;;. The maximum absolute atomic E-state index is 0. The number of hydrogen-bond donors (Lipinski definition) is 0. The minimum atomic E-state index is 0. The van der Waals surface area contributed by atoms with Crippen molar-refractivity contribution in [2.45, 2.75) is 0 Å². The second kappa shape index (κ2) is 16.8. The summed E-state index contributed by atoms with van der Waals surface area (Å²) in [6.45, 7) is 0. The molecule has 0 unspecified atom stereocenters. The summed E-state index contributed by atoms with van der Waals surface area (Å²) in [6, 6.07) is 0. The van der Waals surface area contributed by atoms with Crippen molar-refractivity contribution >= 4 is 40.6 Å². The van der Waals surface area contributed by atoms with E-state index in [2.05, 4.69) is 0 Å². The van der Waals surface area contributed by atoms with Crippen molar-refractivity contribution in [3.8, 4) is 0 Å². The van der Waals surface area contributed by atoms with Crippen LogP contribution in [0, 0.1) is 0 Å². The smallest absolute Gasteiger partial charge is 0 e. The molecule has 0 aliphatic heterocycles. The van der Waals surface area contributed by atoms with E-state index in [1.165, 1.54) is 0 Å². The van der Waals surface area contributed by atoms with Crippen LogP contribution in [0.2, 0.25) is 0 Å². The Hall–Kier alpha value is 2.93. The number of rotatable bonds is 0. The minimum absolute atomic E-state index is 0. The third-order valence-corrected chi connectivity index (χ3v) is 0. The third kappa shape index (κ3) is 8.87. The van der Waals surface area contributed by atoms with Crippen molar-refractivity contribution in [3.05, 3.63) is 0 Å². The van der Waals surface area contributed by atoms with Crippen molar-refractivity contribution in [2.75, 3.05) is 0 Å². The van der Waals surface area contributed by atoms with Crippen molar-refractivity contribution in [1.82, 2.24) is 0 Å². The van der Waals surface area contributed by atoms with Crippen LogP contribution < -0.4 is 0 Å². The van der Waals surface area contributed by atoms with E-state index in [-0.39, 0.29) is 89.2 Å². The molecule has 4 heteroatoms. The summed E-state index contributed by atoms with van der Waals surface area (Å²) in [4.78, 5) is 0. The fourth-order valence-corrected chi connectivity index (χ4v) is 0. The summed E-state index contributed by atoms with van der Waals surface area (Å²) >= 11 is 0. The molecule has 0 bridgehead atoms. The molecule has 0 nitrogen and oxygen atoms in total. The molecule has 0 atom stereocenters.